The number of aliphatic hydroxyl groups is 1. The standard InChI is InChI=1S/C10H15ClN2O/c1-10(2,7-14)6-13-8-4-3-5-12-9(8)11/h3-5,13-14H,6-7H2,1-2H3. The Labute approximate surface area is 89.1 Å². The van der Waals surface area contributed by atoms with Crippen LogP contribution in [-0.4, -0.2) is 23.2 Å². The molecule has 0 atom stereocenters. The summed E-state index contributed by atoms with van der Waals surface area (Å²) in [5.41, 5.74) is 0.648. The van der Waals surface area contributed by atoms with Crippen LogP contribution >= 0.6 is 11.6 Å². The van der Waals surface area contributed by atoms with Crippen LogP contribution in [0.5, 0.6) is 0 Å². The van der Waals surface area contributed by atoms with Gasteiger partial charge in [0.25, 0.3) is 0 Å². The summed E-state index contributed by atoms with van der Waals surface area (Å²) >= 11 is 5.86. The van der Waals surface area contributed by atoms with E-state index in [1.165, 1.54) is 0 Å². The van der Waals surface area contributed by atoms with Crippen molar-refractivity contribution >= 4 is 17.3 Å². The fraction of sp³-hybridized carbons (Fsp3) is 0.500. The average molecular weight is 215 g/mol. The quantitative estimate of drug-likeness (QED) is 0.756. The third kappa shape index (κ3) is 3.16. The number of aromatic nitrogens is 1. The van der Waals surface area contributed by atoms with Crippen molar-refractivity contribution < 1.29 is 5.11 Å². The van der Waals surface area contributed by atoms with Crippen LogP contribution in [0.15, 0.2) is 18.3 Å². The van der Waals surface area contributed by atoms with Crippen molar-refractivity contribution in [3.63, 3.8) is 0 Å². The molecule has 0 saturated carbocycles. The molecule has 0 aromatic carbocycles. The number of hydrogen-bond donors (Lipinski definition) is 2. The molecule has 0 aliphatic heterocycles. The molecule has 14 heavy (non-hydrogen) atoms. The lowest BCUT2D eigenvalue weighted by atomic mass is 9.95. The van der Waals surface area contributed by atoms with Gasteiger partial charge in [0.15, 0.2) is 5.15 Å². The maximum Gasteiger partial charge on any atom is 0.152 e. The number of rotatable bonds is 4. The zero-order valence-electron chi connectivity index (χ0n) is 8.42. The molecule has 0 radical (unpaired) electrons. The fourth-order valence-electron chi connectivity index (χ4n) is 0.908. The summed E-state index contributed by atoms with van der Waals surface area (Å²) in [5.74, 6) is 0. The third-order valence-corrected chi connectivity index (χ3v) is 2.25. The summed E-state index contributed by atoms with van der Waals surface area (Å²) < 4.78 is 0. The van der Waals surface area contributed by atoms with Crippen LogP contribution in [-0.2, 0) is 0 Å². The van der Waals surface area contributed by atoms with Gasteiger partial charge >= 0.3 is 0 Å². The highest BCUT2D eigenvalue weighted by Crippen LogP contribution is 2.20. The van der Waals surface area contributed by atoms with Gasteiger partial charge < -0.3 is 10.4 Å². The van der Waals surface area contributed by atoms with E-state index in [1.807, 2.05) is 26.0 Å². The number of halogens is 1. The molecule has 0 fully saturated rings. The molecule has 1 heterocycles. The average Bonchev–Trinajstić information content (AvgIpc) is 2.17. The number of anilines is 1. The van der Waals surface area contributed by atoms with Crippen LogP contribution in [0.4, 0.5) is 5.69 Å². The Kier molecular flexibility index (Phi) is 3.72. The van der Waals surface area contributed by atoms with E-state index in [1.54, 1.807) is 6.20 Å². The zero-order chi connectivity index (χ0) is 10.6. The highest BCUT2D eigenvalue weighted by Gasteiger charge is 2.16. The third-order valence-electron chi connectivity index (χ3n) is 1.94. The second-order valence-corrected chi connectivity index (χ2v) is 4.38. The van der Waals surface area contributed by atoms with E-state index in [-0.39, 0.29) is 12.0 Å². The second kappa shape index (κ2) is 4.62. The number of nitrogens with one attached hydrogen (secondary N) is 1. The molecule has 1 rings (SSSR count). The minimum atomic E-state index is -0.154. The van der Waals surface area contributed by atoms with E-state index in [0.29, 0.717) is 11.7 Å². The monoisotopic (exact) mass is 214 g/mol. The number of pyridine rings is 1. The van der Waals surface area contributed by atoms with Crippen molar-refractivity contribution in [1.29, 1.82) is 0 Å². The van der Waals surface area contributed by atoms with Crippen molar-refractivity contribution in [3.8, 4) is 0 Å². The van der Waals surface area contributed by atoms with Gasteiger partial charge in [0.1, 0.15) is 0 Å². The predicted molar refractivity (Wildman–Crippen MR) is 58.6 cm³/mol. The van der Waals surface area contributed by atoms with E-state index in [0.717, 1.165) is 5.69 Å². The minimum absolute atomic E-state index is 0.137. The molecular formula is C10H15ClN2O. The summed E-state index contributed by atoms with van der Waals surface area (Å²) in [6.07, 6.45) is 1.64. The van der Waals surface area contributed by atoms with Crippen LogP contribution in [0.1, 0.15) is 13.8 Å². The largest absolute Gasteiger partial charge is 0.396 e. The molecule has 4 heteroatoms. The van der Waals surface area contributed by atoms with Crippen molar-refractivity contribution in [1.82, 2.24) is 4.98 Å². The lowest BCUT2D eigenvalue weighted by molar-refractivity contribution is 0.171. The van der Waals surface area contributed by atoms with Crippen LogP contribution in [0.3, 0.4) is 0 Å². The van der Waals surface area contributed by atoms with E-state index in [2.05, 4.69) is 10.3 Å². The maximum atomic E-state index is 9.05. The van der Waals surface area contributed by atoms with Gasteiger partial charge in [0.2, 0.25) is 0 Å². The number of nitrogens with zero attached hydrogens (tertiary/aromatic N) is 1. The van der Waals surface area contributed by atoms with Crippen LogP contribution < -0.4 is 5.32 Å². The highest BCUT2D eigenvalue weighted by molar-refractivity contribution is 6.31. The Morgan fingerprint density at radius 2 is 2.29 bits per heavy atom. The first-order chi connectivity index (χ1) is 6.55. The Morgan fingerprint density at radius 1 is 1.57 bits per heavy atom. The first kappa shape index (κ1) is 11.3. The molecule has 0 saturated heterocycles. The van der Waals surface area contributed by atoms with E-state index >= 15 is 0 Å². The van der Waals surface area contributed by atoms with Gasteiger partial charge in [-0.25, -0.2) is 4.98 Å². The summed E-state index contributed by atoms with van der Waals surface area (Å²) in [6, 6.07) is 3.68. The molecule has 0 aliphatic carbocycles. The molecule has 1 aromatic rings. The summed E-state index contributed by atoms with van der Waals surface area (Å²) in [7, 11) is 0. The molecule has 0 unspecified atom stereocenters. The minimum Gasteiger partial charge on any atom is -0.396 e. The molecular weight excluding hydrogens is 200 g/mol. The summed E-state index contributed by atoms with van der Waals surface area (Å²) in [6.45, 7) is 4.75. The Hall–Kier alpha value is -0.800. The Balaban J connectivity index is 2.58. The normalized spacial score (nSPS) is 11.4. The summed E-state index contributed by atoms with van der Waals surface area (Å²) in [5, 5.41) is 12.7. The van der Waals surface area contributed by atoms with Crippen LogP contribution in [0, 0.1) is 5.41 Å². The molecule has 78 valence electrons. The van der Waals surface area contributed by atoms with E-state index in [9.17, 15) is 0 Å². The van der Waals surface area contributed by atoms with Gasteiger partial charge in [-0.1, -0.05) is 25.4 Å². The van der Waals surface area contributed by atoms with Crippen molar-refractivity contribution in [2.75, 3.05) is 18.5 Å². The lowest BCUT2D eigenvalue weighted by Crippen LogP contribution is -2.26. The molecule has 0 aliphatic rings. The topological polar surface area (TPSA) is 45.1 Å². The smallest absolute Gasteiger partial charge is 0.152 e. The van der Waals surface area contributed by atoms with Gasteiger partial charge in [-0.05, 0) is 12.1 Å². The highest BCUT2D eigenvalue weighted by atomic mass is 35.5. The van der Waals surface area contributed by atoms with Crippen molar-refractivity contribution in [2.24, 2.45) is 5.41 Å². The lowest BCUT2D eigenvalue weighted by Gasteiger charge is -2.22. The van der Waals surface area contributed by atoms with Crippen LogP contribution in [0.25, 0.3) is 0 Å². The second-order valence-electron chi connectivity index (χ2n) is 4.02. The number of aliphatic hydroxyl groups excluding tert-OH is 1. The van der Waals surface area contributed by atoms with E-state index in [4.69, 9.17) is 16.7 Å². The van der Waals surface area contributed by atoms with Gasteiger partial charge in [0, 0.05) is 24.8 Å². The first-order valence-corrected chi connectivity index (χ1v) is 4.88. The first-order valence-electron chi connectivity index (χ1n) is 4.50. The van der Waals surface area contributed by atoms with Gasteiger partial charge in [-0.2, -0.15) is 0 Å². The molecule has 0 bridgehead atoms. The summed E-state index contributed by atoms with van der Waals surface area (Å²) in [4.78, 5) is 3.95. The molecule has 2 N–H and O–H groups in total. The maximum absolute atomic E-state index is 9.05. The fourth-order valence-corrected chi connectivity index (χ4v) is 1.09. The molecule has 3 nitrogen and oxygen atoms in total. The molecule has 1 aromatic heterocycles. The van der Waals surface area contributed by atoms with Gasteiger partial charge in [-0.3, -0.25) is 0 Å². The Morgan fingerprint density at radius 3 is 2.86 bits per heavy atom. The van der Waals surface area contributed by atoms with Crippen LogP contribution in [0.2, 0.25) is 5.15 Å². The van der Waals surface area contributed by atoms with Crippen molar-refractivity contribution in [2.45, 2.75) is 13.8 Å². The zero-order valence-corrected chi connectivity index (χ0v) is 9.17. The van der Waals surface area contributed by atoms with E-state index < -0.39 is 0 Å². The van der Waals surface area contributed by atoms with Gasteiger partial charge in [0.05, 0.1) is 5.69 Å². The number of hydrogen-bond acceptors (Lipinski definition) is 3. The van der Waals surface area contributed by atoms with Crippen molar-refractivity contribution in [3.05, 3.63) is 23.5 Å². The Bertz CT molecular complexity index is 302. The predicted octanol–water partition coefficient (Wildman–Crippen LogP) is 2.17. The van der Waals surface area contributed by atoms with Gasteiger partial charge in [-0.15, -0.1) is 0 Å². The SMILES string of the molecule is CC(C)(CO)CNc1cccnc1Cl. The molecule has 0 amide bonds. The molecule has 0 spiro atoms.